The summed E-state index contributed by atoms with van der Waals surface area (Å²) in [7, 11) is 0. The minimum Gasteiger partial charge on any atom is -0.326 e. The molecule has 9 heteroatoms. The number of hydrogen-bond acceptors (Lipinski definition) is 2. The molecule has 0 heterocycles. The molecule has 0 aliphatic carbocycles. The minimum atomic E-state index is -4.98. The van der Waals surface area contributed by atoms with Gasteiger partial charge in [0.1, 0.15) is 0 Å². The van der Waals surface area contributed by atoms with Crippen LogP contribution in [0.1, 0.15) is 27.0 Å². The van der Waals surface area contributed by atoms with E-state index in [0.29, 0.717) is 6.54 Å². The number of rotatable bonds is 2. The molecule has 0 unspecified atom stereocenters. The van der Waals surface area contributed by atoms with Gasteiger partial charge >= 0.3 is 12.4 Å². The lowest BCUT2D eigenvalue weighted by Crippen LogP contribution is -2.12. The molecule has 0 aliphatic heterocycles. The van der Waals surface area contributed by atoms with Crippen molar-refractivity contribution in [1.29, 1.82) is 0 Å². The molecular formula is C16H12ClF6NO. The molecule has 2 rings (SSSR count). The molecule has 0 bridgehead atoms. The Labute approximate surface area is 144 Å². The van der Waals surface area contributed by atoms with Crippen molar-refractivity contribution in [3.63, 3.8) is 0 Å². The molecule has 0 fully saturated rings. The third kappa shape index (κ3) is 6.75. The molecule has 0 saturated heterocycles. The Bertz CT molecular complexity index is 681. The van der Waals surface area contributed by atoms with Gasteiger partial charge in [-0.05, 0) is 35.4 Å². The third-order valence-corrected chi connectivity index (χ3v) is 3.11. The number of carbonyl (C=O) groups is 1. The van der Waals surface area contributed by atoms with Crippen molar-refractivity contribution >= 4 is 16.8 Å². The Balaban J connectivity index is 0.000000324. The molecule has 0 radical (unpaired) electrons. The number of nitrogens with two attached hydrogens (primary N) is 1. The Morgan fingerprint density at radius 1 is 0.880 bits per heavy atom. The number of halogens is 7. The van der Waals surface area contributed by atoms with E-state index in [4.69, 9.17) is 17.3 Å². The fourth-order valence-electron chi connectivity index (χ4n) is 1.68. The van der Waals surface area contributed by atoms with Gasteiger partial charge in [-0.3, -0.25) is 4.79 Å². The molecule has 0 saturated carbocycles. The van der Waals surface area contributed by atoms with Gasteiger partial charge in [-0.15, -0.1) is 0 Å². The van der Waals surface area contributed by atoms with Crippen LogP contribution in [0.3, 0.4) is 0 Å². The van der Waals surface area contributed by atoms with Crippen LogP contribution >= 0.6 is 11.6 Å². The van der Waals surface area contributed by atoms with E-state index in [1.807, 2.05) is 30.3 Å². The summed E-state index contributed by atoms with van der Waals surface area (Å²) >= 11 is 4.87. The second-order valence-corrected chi connectivity index (χ2v) is 5.10. The fourth-order valence-corrected chi connectivity index (χ4v) is 1.79. The van der Waals surface area contributed by atoms with E-state index in [9.17, 15) is 31.1 Å². The average molecular weight is 384 g/mol. The lowest BCUT2D eigenvalue weighted by Gasteiger charge is -2.12. The summed E-state index contributed by atoms with van der Waals surface area (Å²) in [4.78, 5) is 10.6. The van der Waals surface area contributed by atoms with Gasteiger partial charge in [-0.1, -0.05) is 30.3 Å². The summed E-state index contributed by atoms with van der Waals surface area (Å²) in [6, 6.07) is 10.4. The molecule has 2 N–H and O–H groups in total. The maximum atomic E-state index is 12.3. The van der Waals surface area contributed by atoms with Gasteiger partial charge in [0, 0.05) is 12.1 Å². The quantitative estimate of drug-likeness (QED) is 0.568. The first kappa shape index (κ1) is 21.0. The van der Waals surface area contributed by atoms with Crippen LogP contribution in [0, 0.1) is 0 Å². The third-order valence-electron chi connectivity index (χ3n) is 2.89. The highest BCUT2D eigenvalue weighted by atomic mass is 35.5. The van der Waals surface area contributed by atoms with Gasteiger partial charge in [0.2, 0.25) is 0 Å². The smallest absolute Gasteiger partial charge is 0.326 e. The molecule has 25 heavy (non-hydrogen) atoms. The van der Waals surface area contributed by atoms with Crippen LogP contribution in [-0.4, -0.2) is 5.24 Å². The van der Waals surface area contributed by atoms with Crippen molar-refractivity contribution in [2.24, 2.45) is 5.73 Å². The van der Waals surface area contributed by atoms with Gasteiger partial charge in [-0.2, -0.15) is 26.3 Å². The molecule has 2 nitrogen and oxygen atoms in total. The average Bonchev–Trinajstić information content (AvgIpc) is 2.54. The van der Waals surface area contributed by atoms with Crippen LogP contribution in [0.25, 0.3) is 0 Å². The van der Waals surface area contributed by atoms with E-state index >= 15 is 0 Å². The van der Waals surface area contributed by atoms with Crippen LogP contribution in [0.2, 0.25) is 0 Å². The fraction of sp³-hybridized carbons (Fsp3) is 0.188. The molecule has 2 aromatic carbocycles. The Morgan fingerprint density at radius 3 is 1.60 bits per heavy atom. The molecule has 0 aromatic heterocycles. The summed E-state index contributed by atoms with van der Waals surface area (Å²) in [5.74, 6) is 0. The Hall–Kier alpha value is -2.06. The lowest BCUT2D eigenvalue weighted by molar-refractivity contribution is -0.143. The van der Waals surface area contributed by atoms with Crippen LogP contribution in [0.5, 0.6) is 0 Å². The van der Waals surface area contributed by atoms with Gasteiger partial charge in [0.15, 0.2) is 0 Å². The van der Waals surface area contributed by atoms with Gasteiger partial charge < -0.3 is 5.73 Å². The minimum absolute atomic E-state index is 0.0800. The number of alkyl halides is 6. The summed E-state index contributed by atoms with van der Waals surface area (Å²) < 4.78 is 73.7. The van der Waals surface area contributed by atoms with Crippen molar-refractivity contribution in [1.82, 2.24) is 0 Å². The highest BCUT2D eigenvalue weighted by Gasteiger charge is 2.37. The van der Waals surface area contributed by atoms with E-state index in [-0.39, 0.29) is 18.2 Å². The van der Waals surface area contributed by atoms with Crippen molar-refractivity contribution in [2.45, 2.75) is 18.9 Å². The largest absolute Gasteiger partial charge is 0.416 e. The zero-order valence-corrected chi connectivity index (χ0v) is 13.2. The zero-order chi connectivity index (χ0) is 19.3. The standard InChI is InChI=1S/C9H3ClF6O.C7H9N/c10-7(17)4-1-5(8(11,12)13)3-6(2-4)9(14,15)16;8-6-7-4-2-1-3-5-7/h1-3H;1-5H,6,8H2. The molecule has 0 spiro atoms. The Kier molecular flexibility index (Phi) is 7.01. The van der Waals surface area contributed by atoms with E-state index in [1.165, 1.54) is 5.56 Å². The van der Waals surface area contributed by atoms with Crippen LogP contribution in [0.4, 0.5) is 26.3 Å². The molecular weight excluding hydrogens is 372 g/mol. The second-order valence-electron chi connectivity index (χ2n) is 4.76. The molecule has 136 valence electrons. The van der Waals surface area contributed by atoms with E-state index in [0.717, 1.165) is 0 Å². The summed E-state index contributed by atoms with van der Waals surface area (Å²) in [5, 5.41) is -1.39. The van der Waals surface area contributed by atoms with Crippen LogP contribution < -0.4 is 5.73 Å². The van der Waals surface area contributed by atoms with Crippen LogP contribution in [-0.2, 0) is 18.9 Å². The van der Waals surface area contributed by atoms with Crippen molar-refractivity contribution in [3.05, 3.63) is 70.8 Å². The molecule has 2 aromatic rings. The topological polar surface area (TPSA) is 43.1 Å². The highest BCUT2D eigenvalue weighted by molar-refractivity contribution is 6.67. The van der Waals surface area contributed by atoms with Gasteiger partial charge in [0.05, 0.1) is 11.1 Å². The van der Waals surface area contributed by atoms with Crippen molar-refractivity contribution in [2.75, 3.05) is 0 Å². The first-order chi connectivity index (χ1) is 11.4. The maximum Gasteiger partial charge on any atom is 0.416 e. The monoisotopic (exact) mass is 383 g/mol. The molecule has 0 aliphatic rings. The number of benzene rings is 2. The maximum absolute atomic E-state index is 12.3. The van der Waals surface area contributed by atoms with E-state index in [2.05, 4.69) is 0 Å². The first-order valence-corrected chi connectivity index (χ1v) is 7.06. The summed E-state index contributed by atoms with van der Waals surface area (Å²) in [6.07, 6.45) is -9.97. The van der Waals surface area contributed by atoms with Gasteiger partial charge in [-0.25, -0.2) is 0 Å². The molecule has 0 amide bonds. The van der Waals surface area contributed by atoms with Crippen molar-refractivity contribution < 1.29 is 31.1 Å². The Morgan fingerprint density at radius 2 is 1.32 bits per heavy atom. The first-order valence-electron chi connectivity index (χ1n) is 6.68. The number of carbonyl (C=O) groups excluding carboxylic acids is 1. The summed E-state index contributed by atoms with van der Waals surface area (Å²) in [5.41, 5.74) is 2.54. The normalized spacial score (nSPS) is 11.5. The zero-order valence-electron chi connectivity index (χ0n) is 12.5. The van der Waals surface area contributed by atoms with E-state index in [1.54, 1.807) is 0 Å². The van der Waals surface area contributed by atoms with E-state index < -0.39 is 34.3 Å². The second kappa shape index (κ2) is 8.35. The SMILES string of the molecule is NCc1ccccc1.O=C(Cl)c1cc(C(F)(F)F)cc(C(F)(F)F)c1. The number of hydrogen-bond donors (Lipinski definition) is 1. The lowest BCUT2D eigenvalue weighted by atomic mass is 10.1. The molecule has 0 atom stereocenters. The predicted octanol–water partition coefficient (Wildman–Crippen LogP) is 5.25. The summed E-state index contributed by atoms with van der Waals surface area (Å²) in [6.45, 7) is 0.640. The highest BCUT2D eigenvalue weighted by Crippen LogP contribution is 2.36. The van der Waals surface area contributed by atoms with Crippen molar-refractivity contribution in [3.8, 4) is 0 Å². The van der Waals surface area contributed by atoms with Gasteiger partial charge in [0.25, 0.3) is 5.24 Å². The van der Waals surface area contributed by atoms with Crippen LogP contribution in [0.15, 0.2) is 48.5 Å². The predicted molar refractivity (Wildman–Crippen MR) is 81.0 cm³/mol.